The van der Waals surface area contributed by atoms with Crippen LogP contribution in [0.4, 0.5) is 0 Å². The molecule has 12 heavy (non-hydrogen) atoms. The fourth-order valence-corrected chi connectivity index (χ4v) is 0.981. The SMILES string of the molecule is NC(=O)c1ccc2nncc-2[nH]1. The lowest BCUT2D eigenvalue weighted by molar-refractivity contribution is 0.0995. The van der Waals surface area contributed by atoms with Crippen LogP contribution in [0.3, 0.4) is 0 Å². The molecular formula is C7H6N4O. The second-order valence-corrected chi connectivity index (χ2v) is 2.38. The number of H-pyrrole nitrogens is 1. The number of carbonyl (C=O) groups is 1. The molecule has 0 spiro atoms. The zero-order chi connectivity index (χ0) is 8.55. The number of hydrogen-bond donors (Lipinski definition) is 2. The van der Waals surface area contributed by atoms with E-state index in [1.54, 1.807) is 18.3 Å². The highest BCUT2D eigenvalue weighted by Gasteiger charge is 2.07. The summed E-state index contributed by atoms with van der Waals surface area (Å²) in [6.07, 6.45) is 1.54. The second-order valence-electron chi connectivity index (χ2n) is 2.38. The number of nitrogens with zero attached hydrogens (tertiary/aromatic N) is 2. The van der Waals surface area contributed by atoms with Gasteiger partial charge in [0.15, 0.2) is 0 Å². The lowest BCUT2D eigenvalue weighted by Gasteiger charge is -1.98. The molecule has 0 unspecified atom stereocenters. The molecule has 2 aliphatic rings. The highest BCUT2D eigenvalue weighted by atomic mass is 16.1. The molecule has 0 aliphatic carbocycles. The molecule has 0 fully saturated rings. The van der Waals surface area contributed by atoms with Gasteiger partial charge in [0.05, 0.1) is 11.9 Å². The van der Waals surface area contributed by atoms with E-state index in [0.29, 0.717) is 11.4 Å². The molecule has 2 heterocycles. The summed E-state index contributed by atoms with van der Waals surface area (Å²) < 4.78 is 0. The Labute approximate surface area is 68.0 Å². The highest BCUT2D eigenvalue weighted by Crippen LogP contribution is 2.14. The number of aromatic amines is 1. The first-order valence-corrected chi connectivity index (χ1v) is 3.37. The van der Waals surface area contributed by atoms with Gasteiger partial charge in [0.1, 0.15) is 11.4 Å². The Balaban J connectivity index is 2.62. The van der Waals surface area contributed by atoms with E-state index in [0.717, 1.165) is 5.69 Å². The molecule has 3 N–H and O–H groups in total. The molecule has 2 rings (SSSR count). The third kappa shape index (κ3) is 0.914. The number of rotatable bonds is 1. The normalized spacial score (nSPS) is 10.3. The van der Waals surface area contributed by atoms with Crippen molar-refractivity contribution in [2.45, 2.75) is 0 Å². The Morgan fingerprint density at radius 1 is 1.50 bits per heavy atom. The van der Waals surface area contributed by atoms with Crippen molar-refractivity contribution in [3.8, 4) is 11.4 Å². The number of nitrogens with two attached hydrogens (primary N) is 1. The van der Waals surface area contributed by atoms with E-state index in [1.165, 1.54) is 0 Å². The van der Waals surface area contributed by atoms with Crippen molar-refractivity contribution in [1.29, 1.82) is 0 Å². The zero-order valence-electron chi connectivity index (χ0n) is 6.11. The van der Waals surface area contributed by atoms with Crippen LogP contribution in [0.1, 0.15) is 10.5 Å². The molecule has 0 saturated carbocycles. The van der Waals surface area contributed by atoms with Gasteiger partial charge in [0.2, 0.25) is 0 Å². The van der Waals surface area contributed by atoms with Gasteiger partial charge in [-0.25, -0.2) is 0 Å². The van der Waals surface area contributed by atoms with Gasteiger partial charge in [-0.15, -0.1) is 5.10 Å². The van der Waals surface area contributed by atoms with Crippen LogP contribution in [0.5, 0.6) is 0 Å². The summed E-state index contributed by atoms with van der Waals surface area (Å²) in [5.74, 6) is -0.488. The molecule has 2 aliphatic heterocycles. The molecule has 0 radical (unpaired) electrons. The Hall–Kier alpha value is -1.91. The molecule has 0 aromatic heterocycles. The average molecular weight is 162 g/mol. The van der Waals surface area contributed by atoms with Gasteiger partial charge in [-0.3, -0.25) is 4.79 Å². The van der Waals surface area contributed by atoms with Crippen molar-refractivity contribution in [2.75, 3.05) is 0 Å². The number of aromatic nitrogens is 3. The largest absolute Gasteiger partial charge is 0.364 e. The summed E-state index contributed by atoms with van der Waals surface area (Å²) in [6, 6.07) is 3.28. The quantitative estimate of drug-likeness (QED) is 0.619. The van der Waals surface area contributed by atoms with E-state index in [-0.39, 0.29) is 0 Å². The first-order chi connectivity index (χ1) is 5.77. The summed E-state index contributed by atoms with van der Waals surface area (Å²) in [7, 11) is 0. The van der Waals surface area contributed by atoms with Crippen molar-refractivity contribution in [2.24, 2.45) is 5.73 Å². The molecule has 60 valence electrons. The first-order valence-electron chi connectivity index (χ1n) is 3.37. The van der Waals surface area contributed by atoms with Gasteiger partial charge in [-0.05, 0) is 12.1 Å². The van der Waals surface area contributed by atoms with Crippen LogP contribution >= 0.6 is 0 Å². The van der Waals surface area contributed by atoms with Crippen LogP contribution < -0.4 is 5.73 Å². The molecule has 5 nitrogen and oxygen atoms in total. The number of carbonyl (C=O) groups excluding carboxylic acids is 1. The maximum Gasteiger partial charge on any atom is 0.265 e. The van der Waals surface area contributed by atoms with Crippen molar-refractivity contribution in [3.63, 3.8) is 0 Å². The van der Waals surface area contributed by atoms with Crippen molar-refractivity contribution in [1.82, 2.24) is 15.2 Å². The Kier molecular flexibility index (Phi) is 1.30. The highest BCUT2D eigenvalue weighted by molar-refractivity contribution is 5.91. The maximum absolute atomic E-state index is 10.7. The van der Waals surface area contributed by atoms with Gasteiger partial charge in [-0.2, -0.15) is 5.10 Å². The molecule has 1 amide bonds. The van der Waals surface area contributed by atoms with Crippen LogP contribution in [-0.4, -0.2) is 21.1 Å². The Bertz CT molecular complexity index is 394. The minimum absolute atomic E-state index is 0.359. The third-order valence-electron chi connectivity index (χ3n) is 1.57. The molecule has 0 aromatic rings. The Morgan fingerprint density at radius 3 is 3.08 bits per heavy atom. The lowest BCUT2D eigenvalue weighted by atomic mass is 10.2. The predicted octanol–water partition coefficient (Wildman–Crippen LogP) is 0.00840. The fraction of sp³-hybridized carbons (Fsp3) is 0. The average Bonchev–Trinajstić information content (AvgIpc) is 2.49. The predicted molar refractivity (Wildman–Crippen MR) is 41.5 cm³/mol. The number of nitrogens with one attached hydrogen (secondary N) is 1. The van der Waals surface area contributed by atoms with Gasteiger partial charge in [-0.1, -0.05) is 0 Å². The molecule has 0 atom stereocenters. The summed E-state index contributed by atoms with van der Waals surface area (Å²) in [4.78, 5) is 13.5. The number of fused-ring (bicyclic) bond motifs is 1. The minimum Gasteiger partial charge on any atom is -0.364 e. The second kappa shape index (κ2) is 2.30. The van der Waals surface area contributed by atoms with Crippen LogP contribution in [0.2, 0.25) is 0 Å². The maximum atomic E-state index is 10.7. The van der Waals surface area contributed by atoms with E-state index >= 15 is 0 Å². The summed E-state index contributed by atoms with van der Waals surface area (Å²) in [5.41, 5.74) is 6.86. The van der Waals surface area contributed by atoms with Gasteiger partial charge < -0.3 is 10.7 Å². The van der Waals surface area contributed by atoms with E-state index in [4.69, 9.17) is 5.73 Å². The fourth-order valence-electron chi connectivity index (χ4n) is 0.981. The van der Waals surface area contributed by atoms with E-state index in [9.17, 15) is 4.79 Å². The summed E-state index contributed by atoms with van der Waals surface area (Å²) >= 11 is 0. The Morgan fingerprint density at radius 2 is 2.33 bits per heavy atom. The summed E-state index contributed by atoms with van der Waals surface area (Å²) in [6.45, 7) is 0. The summed E-state index contributed by atoms with van der Waals surface area (Å²) in [5, 5.41) is 7.45. The van der Waals surface area contributed by atoms with E-state index in [2.05, 4.69) is 15.2 Å². The first kappa shape index (κ1) is 6.78. The minimum atomic E-state index is -0.488. The van der Waals surface area contributed by atoms with Crippen LogP contribution in [0, 0.1) is 0 Å². The van der Waals surface area contributed by atoms with Crippen molar-refractivity contribution in [3.05, 3.63) is 24.0 Å². The number of hydrogen-bond acceptors (Lipinski definition) is 3. The topological polar surface area (TPSA) is 84.7 Å². The number of primary amides is 1. The zero-order valence-corrected chi connectivity index (χ0v) is 6.11. The molecule has 0 saturated heterocycles. The molecule has 0 aromatic carbocycles. The van der Waals surface area contributed by atoms with Crippen LogP contribution in [-0.2, 0) is 0 Å². The monoisotopic (exact) mass is 162 g/mol. The number of pyridine rings is 1. The molecule has 5 heteroatoms. The van der Waals surface area contributed by atoms with Crippen LogP contribution in [0.15, 0.2) is 18.3 Å². The lowest BCUT2D eigenvalue weighted by Crippen LogP contribution is -2.13. The van der Waals surface area contributed by atoms with Crippen molar-refractivity contribution >= 4 is 5.91 Å². The molecule has 0 bridgehead atoms. The smallest absolute Gasteiger partial charge is 0.265 e. The van der Waals surface area contributed by atoms with E-state index < -0.39 is 5.91 Å². The van der Waals surface area contributed by atoms with Gasteiger partial charge in [0.25, 0.3) is 5.91 Å². The van der Waals surface area contributed by atoms with Crippen LogP contribution in [0.25, 0.3) is 11.4 Å². The number of amides is 1. The third-order valence-corrected chi connectivity index (χ3v) is 1.57. The van der Waals surface area contributed by atoms with Gasteiger partial charge in [0, 0.05) is 0 Å². The van der Waals surface area contributed by atoms with Gasteiger partial charge >= 0.3 is 0 Å². The van der Waals surface area contributed by atoms with E-state index in [1.807, 2.05) is 0 Å². The standard InChI is InChI=1S/C7H6N4O/c8-7(12)5-2-1-4-6(10-5)3-9-11-4/h1-3,10H,(H2,8,12). The van der Waals surface area contributed by atoms with Crippen molar-refractivity contribution < 1.29 is 4.79 Å². The molecular weight excluding hydrogens is 156 g/mol.